The molecule has 6 heteroatoms. The van der Waals surface area contributed by atoms with Gasteiger partial charge in [-0.2, -0.15) is 0 Å². The summed E-state index contributed by atoms with van der Waals surface area (Å²) in [6, 6.07) is 17.8. The van der Waals surface area contributed by atoms with E-state index in [1.165, 1.54) is 4.88 Å². The Kier molecular flexibility index (Phi) is 5.12. The Balaban J connectivity index is 1.87. The molecule has 28 heavy (non-hydrogen) atoms. The van der Waals surface area contributed by atoms with E-state index < -0.39 is 0 Å². The van der Waals surface area contributed by atoms with Crippen LogP contribution in [0.2, 0.25) is 0 Å². The van der Waals surface area contributed by atoms with E-state index in [2.05, 4.69) is 18.3 Å². The summed E-state index contributed by atoms with van der Waals surface area (Å²) in [5.74, 6) is 2.92. The SMILES string of the molecule is CCc1cc2c(Nc3cc(OC)ccc3OC)nc(-c3ccccc3)nc2s1. The predicted molar refractivity (Wildman–Crippen MR) is 115 cm³/mol. The van der Waals surface area contributed by atoms with Crippen LogP contribution < -0.4 is 14.8 Å². The Morgan fingerprint density at radius 1 is 0.964 bits per heavy atom. The van der Waals surface area contributed by atoms with E-state index in [9.17, 15) is 0 Å². The number of fused-ring (bicyclic) bond motifs is 1. The van der Waals surface area contributed by atoms with Crippen LogP contribution in [0.3, 0.4) is 0 Å². The van der Waals surface area contributed by atoms with Gasteiger partial charge in [0.05, 0.1) is 25.3 Å². The Morgan fingerprint density at radius 3 is 2.50 bits per heavy atom. The highest BCUT2D eigenvalue weighted by Crippen LogP contribution is 2.36. The summed E-state index contributed by atoms with van der Waals surface area (Å²) >= 11 is 1.70. The van der Waals surface area contributed by atoms with Crippen LogP contribution in [-0.2, 0) is 6.42 Å². The van der Waals surface area contributed by atoms with Crippen LogP contribution in [0.5, 0.6) is 11.5 Å². The zero-order valence-electron chi connectivity index (χ0n) is 16.0. The number of ether oxygens (including phenoxy) is 2. The summed E-state index contributed by atoms with van der Waals surface area (Å²) in [6.07, 6.45) is 0.962. The average Bonchev–Trinajstić information content (AvgIpc) is 3.18. The van der Waals surface area contributed by atoms with Gasteiger partial charge in [0.2, 0.25) is 0 Å². The second-order valence-electron chi connectivity index (χ2n) is 6.24. The van der Waals surface area contributed by atoms with E-state index in [0.29, 0.717) is 5.82 Å². The molecule has 0 saturated carbocycles. The summed E-state index contributed by atoms with van der Waals surface area (Å²) < 4.78 is 10.9. The van der Waals surface area contributed by atoms with Crippen LogP contribution >= 0.6 is 11.3 Å². The van der Waals surface area contributed by atoms with Gasteiger partial charge in [-0.05, 0) is 24.6 Å². The molecule has 0 amide bonds. The van der Waals surface area contributed by atoms with Crippen LogP contribution in [0.1, 0.15) is 11.8 Å². The van der Waals surface area contributed by atoms with Crippen molar-refractivity contribution >= 4 is 33.1 Å². The monoisotopic (exact) mass is 391 g/mol. The summed E-state index contributed by atoms with van der Waals surface area (Å²) in [6.45, 7) is 2.15. The number of nitrogens with one attached hydrogen (secondary N) is 1. The zero-order valence-corrected chi connectivity index (χ0v) is 16.8. The minimum Gasteiger partial charge on any atom is -0.497 e. The number of thiophene rings is 1. The van der Waals surface area contributed by atoms with Crippen LogP contribution in [0.15, 0.2) is 54.6 Å². The minimum atomic E-state index is 0.696. The Bertz CT molecular complexity index is 1110. The van der Waals surface area contributed by atoms with E-state index in [-0.39, 0.29) is 0 Å². The van der Waals surface area contributed by atoms with Crippen molar-refractivity contribution in [3.63, 3.8) is 0 Å². The van der Waals surface area contributed by atoms with Gasteiger partial charge in [-0.25, -0.2) is 9.97 Å². The summed E-state index contributed by atoms with van der Waals surface area (Å²) in [4.78, 5) is 11.9. The van der Waals surface area contributed by atoms with E-state index in [0.717, 1.165) is 45.2 Å². The van der Waals surface area contributed by atoms with E-state index >= 15 is 0 Å². The topological polar surface area (TPSA) is 56.3 Å². The molecule has 0 aliphatic carbocycles. The van der Waals surface area contributed by atoms with Gasteiger partial charge in [0.25, 0.3) is 0 Å². The van der Waals surface area contributed by atoms with Crippen LogP contribution in [0.25, 0.3) is 21.6 Å². The normalized spacial score (nSPS) is 10.8. The van der Waals surface area contributed by atoms with Crippen LogP contribution in [0, 0.1) is 0 Å². The average molecular weight is 391 g/mol. The number of benzene rings is 2. The van der Waals surface area contributed by atoms with Crippen LogP contribution in [0.4, 0.5) is 11.5 Å². The van der Waals surface area contributed by atoms with E-state index in [1.807, 2.05) is 48.5 Å². The standard InChI is InChI=1S/C22H21N3O2S/c1-4-16-13-17-21(23-18-12-15(26-2)10-11-19(18)27-3)24-20(25-22(17)28-16)14-8-6-5-7-9-14/h5-13H,4H2,1-3H3,(H,23,24,25). The van der Waals surface area contributed by atoms with Crippen molar-refractivity contribution in [3.05, 3.63) is 59.5 Å². The highest BCUT2D eigenvalue weighted by molar-refractivity contribution is 7.18. The van der Waals surface area contributed by atoms with Crippen molar-refractivity contribution in [3.8, 4) is 22.9 Å². The summed E-state index contributed by atoms with van der Waals surface area (Å²) in [5, 5.41) is 4.45. The fourth-order valence-electron chi connectivity index (χ4n) is 3.00. The molecular formula is C22H21N3O2S. The first-order valence-corrected chi connectivity index (χ1v) is 9.88. The summed E-state index contributed by atoms with van der Waals surface area (Å²) in [5.41, 5.74) is 1.78. The fraction of sp³-hybridized carbons (Fsp3) is 0.182. The molecule has 0 aliphatic heterocycles. The first kappa shape index (κ1) is 18.3. The molecule has 2 aromatic carbocycles. The number of hydrogen-bond donors (Lipinski definition) is 1. The second-order valence-corrected chi connectivity index (χ2v) is 7.35. The van der Waals surface area contributed by atoms with Gasteiger partial charge >= 0.3 is 0 Å². The number of aryl methyl sites for hydroxylation is 1. The van der Waals surface area contributed by atoms with Gasteiger partial charge in [0.15, 0.2) is 5.82 Å². The molecule has 0 fully saturated rings. The van der Waals surface area contributed by atoms with Crippen molar-refractivity contribution in [1.29, 1.82) is 0 Å². The molecule has 142 valence electrons. The first-order chi connectivity index (χ1) is 13.7. The molecule has 0 atom stereocenters. The van der Waals surface area contributed by atoms with Crippen molar-refractivity contribution in [2.75, 3.05) is 19.5 Å². The maximum Gasteiger partial charge on any atom is 0.163 e. The highest BCUT2D eigenvalue weighted by atomic mass is 32.1. The lowest BCUT2D eigenvalue weighted by Crippen LogP contribution is -2.00. The molecule has 0 aliphatic rings. The fourth-order valence-corrected chi connectivity index (χ4v) is 3.96. The van der Waals surface area contributed by atoms with Crippen molar-refractivity contribution in [1.82, 2.24) is 9.97 Å². The molecule has 5 nitrogen and oxygen atoms in total. The number of hydrogen-bond acceptors (Lipinski definition) is 6. The van der Waals surface area contributed by atoms with E-state index in [4.69, 9.17) is 19.4 Å². The largest absolute Gasteiger partial charge is 0.497 e. The van der Waals surface area contributed by atoms with Gasteiger partial charge in [-0.3, -0.25) is 0 Å². The van der Waals surface area contributed by atoms with Gasteiger partial charge < -0.3 is 14.8 Å². The Labute approximate surface area is 168 Å². The highest BCUT2D eigenvalue weighted by Gasteiger charge is 2.15. The minimum absolute atomic E-state index is 0.696. The van der Waals surface area contributed by atoms with Crippen molar-refractivity contribution in [2.24, 2.45) is 0 Å². The quantitative estimate of drug-likeness (QED) is 0.458. The maximum atomic E-state index is 5.51. The molecule has 2 heterocycles. The van der Waals surface area contributed by atoms with Crippen LogP contribution in [-0.4, -0.2) is 24.2 Å². The molecule has 4 aromatic rings. The summed E-state index contributed by atoms with van der Waals surface area (Å²) in [7, 11) is 3.30. The molecule has 0 bridgehead atoms. The third-order valence-electron chi connectivity index (χ3n) is 4.48. The predicted octanol–water partition coefficient (Wildman–Crippen LogP) is 5.68. The molecule has 0 saturated heterocycles. The van der Waals surface area contributed by atoms with Crippen molar-refractivity contribution in [2.45, 2.75) is 13.3 Å². The number of methoxy groups -OCH3 is 2. The zero-order chi connectivity index (χ0) is 19.5. The molecule has 0 unspecified atom stereocenters. The molecular weight excluding hydrogens is 370 g/mol. The van der Waals surface area contributed by atoms with E-state index in [1.54, 1.807) is 25.6 Å². The second kappa shape index (κ2) is 7.86. The first-order valence-electron chi connectivity index (χ1n) is 9.06. The molecule has 0 radical (unpaired) electrons. The number of aromatic nitrogens is 2. The third-order valence-corrected chi connectivity index (χ3v) is 5.66. The molecule has 4 rings (SSSR count). The van der Waals surface area contributed by atoms with Crippen molar-refractivity contribution < 1.29 is 9.47 Å². The lowest BCUT2D eigenvalue weighted by molar-refractivity contribution is 0.405. The number of anilines is 2. The molecule has 2 aromatic heterocycles. The Hall–Kier alpha value is -3.12. The lowest BCUT2D eigenvalue weighted by Gasteiger charge is -2.13. The third kappa shape index (κ3) is 3.51. The Morgan fingerprint density at radius 2 is 1.79 bits per heavy atom. The smallest absolute Gasteiger partial charge is 0.163 e. The molecule has 0 spiro atoms. The van der Waals surface area contributed by atoms with Gasteiger partial charge in [0, 0.05) is 16.5 Å². The number of nitrogens with zero attached hydrogens (tertiary/aromatic N) is 2. The van der Waals surface area contributed by atoms with Gasteiger partial charge in [0.1, 0.15) is 22.1 Å². The maximum absolute atomic E-state index is 5.51. The van der Waals surface area contributed by atoms with Gasteiger partial charge in [-0.15, -0.1) is 11.3 Å². The number of rotatable bonds is 6. The lowest BCUT2D eigenvalue weighted by atomic mass is 10.2. The van der Waals surface area contributed by atoms with Gasteiger partial charge in [-0.1, -0.05) is 37.3 Å². The molecule has 1 N–H and O–H groups in total.